The largest absolute Gasteiger partial charge is 0.508 e. The van der Waals surface area contributed by atoms with Crippen LogP contribution in [0.3, 0.4) is 0 Å². The molecule has 109 heavy (non-hydrogen) atoms. The molecule has 0 aliphatic carbocycles. The standard InChI is InChI=1S/C72H86ClN9O27/c1-26(2)15-38(76-6)64(94)81-54-57(90)29-7-11-34(12-8-29)104-44-18-32-19-45(61(44)109-71-62(59(92)58(91)46(25-83)106-71)107-48-23-42(87)56(89)27(3)102-48)105-43-14-10-31(17-37(43)73)60(108-49-24-72(5,75)63(93)28(4)103-49)55-69(99)80-53(70(100)101)36-20-33(84)21-41(86)50(36)35-16-30(9-13-40(35)85)51(66(96)82-55)79-67(97)52(32)78-65(95)39(22-47(74)88)77-68(54)98/h7-14,16-21,26-28,38-39,42,46,48-49,51-60,62-63,71,76,83-87,89-93H,15,22-25,75H2,1-6H3,(H2,74,88)(H,77,98)(H,78,95)(H,79,97)(H,80,99)(H,81,94)(H,82,96)(H,100,101)/t27?,28?,38-,39+,42?,46?,48?,49?,51?,52-,53+,54-,55?,56?,57-,58?,59?,60-,62?,63?,71?,72?/m1/s1. The van der Waals surface area contributed by atoms with Gasteiger partial charge in [-0.25, -0.2) is 4.79 Å². The van der Waals surface area contributed by atoms with E-state index in [-0.39, 0.29) is 46.9 Å². The zero-order valence-corrected chi connectivity index (χ0v) is 60.1. The minimum Gasteiger partial charge on any atom is -0.508 e. The van der Waals surface area contributed by atoms with Crippen LogP contribution in [0.25, 0.3) is 11.1 Å². The Kier molecular flexibility index (Phi) is 24.3. The Labute approximate surface area is 626 Å². The fourth-order valence-electron chi connectivity index (χ4n) is 13.9. The molecule has 0 radical (unpaired) electrons. The molecule has 8 heterocycles. The number of hydrogen-bond donors (Lipinski definition) is 20. The highest BCUT2D eigenvalue weighted by molar-refractivity contribution is 6.32. The molecule has 0 saturated carbocycles. The number of nitrogens with two attached hydrogens (primary N) is 2. The third-order valence-corrected chi connectivity index (χ3v) is 19.9. The first kappa shape index (κ1) is 80.4. The van der Waals surface area contributed by atoms with Gasteiger partial charge in [-0.15, -0.1) is 0 Å². The smallest absolute Gasteiger partial charge is 0.330 e. The van der Waals surface area contributed by atoms with Gasteiger partial charge >= 0.3 is 5.97 Å². The minimum atomic E-state index is -2.35. The van der Waals surface area contributed by atoms with Crippen molar-refractivity contribution in [2.75, 3.05) is 13.7 Å². The first-order valence-corrected chi connectivity index (χ1v) is 35.2. The van der Waals surface area contributed by atoms with Gasteiger partial charge in [0.2, 0.25) is 53.4 Å². The predicted octanol–water partition coefficient (Wildman–Crippen LogP) is -0.666. The molecule has 588 valence electrons. The maximum absolute atomic E-state index is 16.3. The van der Waals surface area contributed by atoms with Crippen LogP contribution in [-0.2, 0) is 62.0 Å². The van der Waals surface area contributed by atoms with Crippen LogP contribution in [0, 0.1) is 5.92 Å². The van der Waals surface area contributed by atoms with E-state index in [9.17, 15) is 75.3 Å². The quantitative estimate of drug-likeness (QED) is 0.0618. The number of amides is 7. The van der Waals surface area contributed by atoms with Gasteiger partial charge < -0.3 is 143 Å². The number of aliphatic carboxylic acids is 1. The molecule has 3 saturated heterocycles. The molecule has 22 atom stereocenters. The van der Waals surface area contributed by atoms with Gasteiger partial charge in [-0.1, -0.05) is 49.7 Å². The molecule has 8 aliphatic heterocycles. The van der Waals surface area contributed by atoms with Gasteiger partial charge in [0.25, 0.3) is 0 Å². The summed E-state index contributed by atoms with van der Waals surface area (Å²) in [5.41, 5.74) is 8.32. The van der Waals surface area contributed by atoms with Gasteiger partial charge in [0.1, 0.15) is 95.6 Å². The number of halogens is 1. The number of phenols is 3. The number of carbonyl (C=O) groups excluding carboxylic acids is 7. The summed E-state index contributed by atoms with van der Waals surface area (Å²) in [6, 6.07) is 1.32. The van der Waals surface area contributed by atoms with Crippen LogP contribution in [0.2, 0.25) is 5.02 Å². The number of likely N-dealkylation sites (N-methyl/N-ethyl adjacent to an activating group) is 1. The molecule has 15 unspecified atom stereocenters. The molecule has 7 amide bonds. The lowest BCUT2D eigenvalue weighted by Crippen LogP contribution is -2.62. The summed E-state index contributed by atoms with van der Waals surface area (Å²) in [6.07, 6.45) is -24.6. The average Bonchev–Trinajstić information content (AvgIpc) is 0.765. The molecular formula is C72H86ClN9O27. The highest BCUT2D eigenvalue weighted by Gasteiger charge is 2.51. The Morgan fingerprint density at radius 1 is 0.697 bits per heavy atom. The Bertz CT molecular complexity index is 4280. The van der Waals surface area contributed by atoms with Crippen molar-refractivity contribution in [3.05, 3.63) is 118 Å². The van der Waals surface area contributed by atoms with Crippen LogP contribution >= 0.6 is 11.6 Å². The molecule has 36 nitrogen and oxygen atoms in total. The lowest BCUT2D eigenvalue weighted by Gasteiger charge is -2.44. The molecule has 22 N–H and O–H groups in total. The lowest BCUT2D eigenvalue weighted by molar-refractivity contribution is -0.335. The third-order valence-electron chi connectivity index (χ3n) is 19.7. The summed E-state index contributed by atoms with van der Waals surface area (Å²) in [7, 11) is 1.48. The van der Waals surface area contributed by atoms with E-state index in [0.29, 0.717) is 0 Å². The van der Waals surface area contributed by atoms with E-state index in [4.69, 9.17) is 61.0 Å². The molecule has 11 bridgehead atoms. The van der Waals surface area contributed by atoms with Crippen molar-refractivity contribution in [2.24, 2.45) is 17.4 Å². The maximum atomic E-state index is 16.3. The number of carboxylic acids is 1. The summed E-state index contributed by atoms with van der Waals surface area (Å²) in [4.78, 5) is 119. The minimum absolute atomic E-state index is 0.0636. The second-order valence-corrected chi connectivity index (χ2v) is 28.7. The topological polar surface area (TPSA) is 569 Å². The highest BCUT2D eigenvalue weighted by Crippen LogP contribution is 2.50. The van der Waals surface area contributed by atoms with Crippen molar-refractivity contribution in [2.45, 2.75) is 194 Å². The predicted molar refractivity (Wildman–Crippen MR) is 374 cm³/mol. The van der Waals surface area contributed by atoms with Crippen molar-refractivity contribution in [1.29, 1.82) is 0 Å². The van der Waals surface area contributed by atoms with E-state index < -0.39 is 262 Å². The maximum Gasteiger partial charge on any atom is 0.330 e. The normalized spacial score (nSPS) is 31.7. The molecule has 3 fully saturated rings. The van der Waals surface area contributed by atoms with E-state index in [0.717, 1.165) is 42.5 Å². The van der Waals surface area contributed by atoms with Gasteiger partial charge in [0.05, 0.1) is 48.5 Å². The Hall–Kier alpha value is -9.61. The van der Waals surface area contributed by atoms with Crippen molar-refractivity contribution in [3.63, 3.8) is 0 Å². The number of benzene rings is 5. The van der Waals surface area contributed by atoms with E-state index in [1.54, 1.807) is 0 Å². The second-order valence-electron chi connectivity index (χ2n) is 28.3. The number of aromatic hydroxyl groups is 3. The number of aliphatic hydroxyl groups is 7. The zero-order valence-electron chi connectivity index (χ0n) is 59.3. The van der Waals surface area contributed by atoms with Crippen molar-refractivity contribution in [1.82, 2.24) is 37.2 Å². The molecule has 37 heteroatoms. The summed E-state index contributed by atoms with van der Waals surface area (Å²) >= 11 is 7.32. The number of ether oxygens (including phenoxy) is 8. The molecule has 5 aromatic rings. The number of hydrogen-bond acceptors (Lipinski definition) is 28. The van der Waals surface area contributed by atoms with Gasteiger partial charge in [0.15, 0.2) is 36.2 Å². The summed E-state index contributed by atoms with van der Waals surface area (Å²) in [5.74, 6) is -15.6. The number of rotatable bonds is 15. The lowest BCUT2D eigenvalue weighted by atomic mass is 9.86. The number of aliphatic hydroxyl groups excluding tert-OH is 7. The Morgan fingerprint density at radius 2 is 1.35 bits per heavy atom. The van der Waals surface area contributed by atoms with Gasteiger partial charge in [-0.3, -0.25) is 33.6 Å². The van der Waals surface area contributed by atoms with Gasteiger partial charge in [-0.2, -0.15) is 0 Å². The number of phenolic OH excluding ortho intramolecular Hbond substituents is 3. The average molecular weight is 1540 g/mol. The van der Waals surface area contributed by atoms with Crippen molar-refractivity contribution >= 4 is 58.9 Å². The molecule has 8 aliphatic rings. The van der Waals surface area contributed by atoms with E-state index in [2.05, 4.69) is 37.2 Å². The number of carbonyl (C=O) groups is 8. The molecule has 0 aromatic heterocycles. The number of carboxylic acid groups (broad SMARTS) is 1. The SMILES string of the molecule is CN[C@H](CC(C)C)C(=O)N[C@H]1C(=O)N[C@@H](CC(N)=O)C(=O)N[C@H]2C(=O)NC3C(=O)NC(C(=O)N[C@H](C(=O)O)c4cc(O)cc(O)c4-c4cc3ccc4O)[C@H](OC3CC(C)(N)C(O)C(C)O3)c3ccc(c(Cl)c3)Oc3cc2cc(c3OC2OC(CO)C(O)C(O)C2OC2CC(O)C(O)C(C)O2)Oc2ccc(cc2)[C@H]1O. The Morgan fingerprint density at radius 3 is 1.99 bits per heavy atom. The molecule has 13 rings (SSSR count). The highest BCUT2D eigenvalue weighted by atomic mass is 35.5. The first-order valence-electron chi connectivity index (χ1n) is 34.8. The first-order chi connectivity index (χ1) is 51.5. The van der Waals surface area contributed by atoms with Gasteiger partial charge in [-0.05, 0) is 117 Å². The monoisotopic (exact) mass is 1540 g/mol. The van der Waals surface area contributed by atoms with E-state index in [1.807, 2.05) is 13.8 Å². The van der Waals surface area contributed by atoms with Crippen LogP contribution in [0.15, 0.2) is 84.9 Å². The summed E-state index contributed by atoms with van der Waals surface area (Å²) in [5, 5.41) is 142. The fourth-order valence-corrected chi connectivity index (χ4v) is 14.1. The second kappa shape index (κ2) is 32.9. The zero-order chi connectivity index (χ0) is 79.1. The number of nitrogens with one attached hydrogen (secondary N) is 7. The van der Waals surface area contributed by atoms with Crippen LogP contribution in [0.5, 0.6) is 46.0 Å². The summed E-state index contributed by atoms with van der Waals surface area (Å²) in [6.45, 7) is 7.01. The molecular weight excluding hydrogens is 1460 g/mol. The fraction of sp³-hybridized carbons (Fsp3) is 0.472. The summed E-state index contributed by atoms with van der Waals surface area (Å²) < 4.78 is 51.2. The van der Waals surface area contributed by atoms with Gasteiger partial charge in [0, 0.05) is 41.1 Å². The number of primary amides is 1. The van der Waals surface area contributed by atoms with Crippen LogP contribution < -0.4 is 62.9 Å². The molecule has 0 spiro atoms. The number of fused-ring (bicyclic) bond motifs is 15. The van der Waals surface area contributed by atoms with Crippen molar-refractivity contribution < 1.29 is 132 Å². The van der Waals surface area contributed by atoms with Crippen LogP contribution in [0.1, 0.15) is 118 Å². The van der Waals surface area contributed by atoms with Crippen molar-refractivity contribution in [3.8, 4) is 57.1 Å². The molecule has 5 aromatic carbocycles. The van der Waals surface area contributed by atoms with Crippen LogP contribution in [-0.4, -0.2) is 221 Å². The Balaban J connectivity index is 1.18. The van der Waals surface area contributed by atoms with E-state index in [1.165, 1.54) is 70.3 Å². The third kappa shape index (κ3) is 17.4. The van der Waals surface area contributed by atoms with E-state index >= 15 is 19.2 Å². The van der Waals surface area contributed by atoms with Crippen LogP contribution in [0.4, 0.5) is 0 Å².